The molecule has 2 unspecified atom stereocenters. The second kappa shape index (κ2) is 8.89. The third-order valence-corrected chi connectivity index (χ3v) is 8.97. The topological polar surface area (TPSA) is 92.9 Å². The molecule has 4 aromatic heterocycles. The van der Waals surface area contributed by atoms with Crippen LogP contribution in [-0.2, 0) is 32.9 Å². The summed E-state index contributed by atoms with van der Waals surface area (Å²) in [4.78, 5) is 24.9. The van der Waals surface area contributed by atoms with Crippen LogP contribution in [0, 0.1) is 17.7 Å². The van der Waals surface area contributed by atoms with Crippen molar-refractivity contribution < 1.29 is 9.13 Å². The molecule has 2 aliphatic heterocycles. The van der Waals surface area contributed by atoms with Gasteiger partial charge in [0.15, 0.2) is 5.82 Å². The van der Waals surface area contributed by atoms with Crippen molar-refractivity contribution in [3.63, 3.8) is 0 Å². The molecule has 0 radical (unpaired) electrons. The fourth-order valence-electron chi connectivity index (χ4n) is 6.75. The van der Waals surface area contributed by atoms with Crippen molar-refractivity contribution in [3.8, 4) is 28.3 Å². The first kappa shape index (κ1) is 25.0. The molecule has 6 aromatic rings. The zero-order valence-corrected chi connectivity index (χ0v) is 23.8. The van der Waals surface area contributed by atoms with Crippen LogP contribution in [0.25, 0.3) is 50.4 Å². The Morgan fingerprint density at radius 2 is 1.74 bits per heavy atom. The lowest BCUT2D eigenvalue weighted by Crippen LogP contribution is -2.24. The highest BCUT2D eigenvalue weighted by molar-refractivity contribution is 5.94. The molecule has 2 aromatic carbocycles. The Kier molecular flexibility index (Phi) is 5.30. The number of aromatic nitrogens is 8. The zero-order valence-electron chi connectivity index (χ0n) is 23.8. The van der Waals surface area contributed by atoms with E-state index < -0.39 is 0 Å². The van der Waals surface area contributed by atoms with E-state index in [0.717, 1.165) is 54.4 Å². The van der Waals surface area contributed by atoms with Gasteiger partial charge in [0.25, 0.3) is 0 Å². The van der Waals surface area contributed by atoms with E-state index >= 15 is 4.39 Å². The predicted octanol–water partition coefficient (Wildman–Crippen LogP) is 3.24. The summed E-state index contributed by atoms with van der Waals surface area (Å²) in [6, 6.07) is 7.42. The number of anilines is 1. The van der Waals surface area contributed by atoms with Crippen molar-refractivity contribution in [2.45, 2.75) is 0 Å². The molecular formula is C30H30FN9O2. The Hall–Kier alpha value is -4.71. The molecule has 0 saturated carbocycles. The second-order valence-corrected chi connectivity index (χ2v) is 11.6. The first-order valence-corrected chi connectivity index (χ1v) is 14.0. The van der Waals surface area contributed by atoms with Gasteiger partial charge in [-0.2, -0.15) is 5.10 Å². The van der Waals surface area contributed by atoms with Gasteiger partial charge in [-0.25, -0.2) is 19.2 Å². The van der Waals surface area contributed by atoms with Gasteiger partial charge in [0, 0.05) is 76.5 Å². The van der Waals surface area contributed by atoms with E-state index in [-0.39, 0.29) is 11.5 Å². The van der Waals surface area contributed by atoms with Crippen LogP contribution in [0.3, 0.4) is 0 Å². The van der Waals surface area contributed by atoms with Crippen molar-refractivity contribution in [3.05, 3.63) is 65.5 Å². The lowest BCUT2D eigenvalue weighted by Gasteiger charge is -2.23. The van der Waals surface area contributed by atoms with Gasteiger partial charge in [-0.1, -0.05) is 0 Å². The smallest absolute Gasteiger partial charge is 0.328 e. The Balaban J connectivity index is 1.41. The summed E-state index contributed by atoms with van der Waals surface area (Å²) in [5.74, 6) is 1.19. The van der Waals surface area contributed by atoms with Crippen LogP contribution in [0.5, 0.6) is 0 Å². The molecule has 2 aliphatic rings. The maximum Gasteiger partial charge on any atom is 0.328 e. The number of hydrogen-bond acceptors (Lipinski definition) is 6. The maximum atomic E-state index is 15.8. The molecular weight excluding hydrogens is 537 g/mol. The van der Waals surface area contributed by atoms with E-state index in [9.17, 15) is 4.79 Å². The fraction of sp³-hybridized carbons (Fsp3) is 0.333. The third kappa shape index (κ3) is 3.54. The maximum absolute atomic E-state index is 15.8. The molecule has 11 nitrogen and oxygen atoms in total. The van der Waals surface area contributed by atoms with E-state index in [2.05, 4.69) is 21.0 Å². The van der Waals surface area contributed by atoms with Crippen molar-refractivity contribution >= 4 is 27.8 Å². The minimum atomic E-state index is -0.367. The second-order valence-electron chi connectivity index (χ2n) is 11.6. The van der Waals surface area contributed by atoms with Crippen LogP contribution in [-0.4, -0.2) is 64.3 Å². The molecule has 42 heavy (non-hydrogen) atoms. The largest absolute Gasteiger partial charge is 0.381 e. The minimum absolute atomic E-state index is 0.0966. The summed E-state index contributed by atoms with van der Waals surface area (Å²) in [6.07, 6.45) is 6.92. The fourth-order valence-corrected chi connectivity index (χ4v) is 6.75. The van der Waals surface area contributed by atoms with Crippen molar-refractivity contribution in [2.75, 3.05) is 31.2 Å². The van der Waals surface area contributed by atoms with Crippen molar-refractivity contribution in [2.24, 2.45) is 40.0 Å². The van der Waals surface area contributed by atoms with Gasteiger partial charge in [0.05, 0.1) is 65.4 Å². The van der Waals surface area contributed by atoms with Crippen LogP contribution in [0.15, 0.2) is 54.0 Å². The van der Waals surface area contributed by atoms with Gasteiger partial charge in [0.1, 0.15) is 11.5 Å². The monoisotopic (exact) mass is 567 g/mol. The van der Waals surface area contributed by atoms with Gasteiger partial charge in [-0.3, -0.25) is 18.4 Å². The van der Waals surface area contributed by atoms with Crippen molar-refractivity contribution in [1.82, 2.24) is 38.0 Å². The zero-order chi connectivity index (χ0) is 28.9. The summed E-state index contributed by atoms with van der Waals surface area (Å²) >= 11 is 0. The first-order valence-electron chi connectivity index (χ1n) is 14.0. The highest BCUT2D eigenvalue weighted by atomic mass is 19.1. The number of hydrogen-bond donors (Lipinski definition) is 0. The van der Waals surface area contributed by atoms with E-state index in [0.29, 0.717) is 39.8 Å². The molecule has 0 N–H and O–H groups in total. The molecule has 6 heterocycles. The van der Waals surface area contributed by atoms with Crippen LogP contribution in [0.1, 0.15) is 0 Å². The van der Waals surface area contributed by atoms with E-state index in [1.807, 2.05) is 29.3 Å². The average molecular weight is 568 g/mol. The van der Waals surface area contributed by atoms with E-state index in [4.69, 9.17) is 9.72 Å². The minimum Gasteiger partial charge on any atom is -0.381 e. The standard InChI is InChI=1S/C30H30FN9O2/c1-35-16-32-10-27(35)29-34-23-7-21(17-9-33-36(2)11-17)22(31)8-24(23)40(29)20-5-25-28(38(4)30(41)37(25)3)26(6-20)39-12-18-14-42-15-19(18)13-39/h5-11,16,18-19H,12-15H2,1-4H3. The van der Waals surface area contributed by atoms with Gasteiger partial charge < -0.3 is 14.2 Å². The van der Waals surface area contributed by atoms with Crippen LogP contribution in [0.4, 0.5) is 10.1 Å². The molecule has 2 saturated heterocycles. The normalized spacial score (nSPS) is 18.6. The number of nitrogens with zero attached hydrogens (tertiary/aromatic N) is 9. The molecule has 8 rings (SSSR count). The van der Waals surface area contributed by atoms with Crippen LogP contribution < -0.4 is 10.6 Å². The Morgan fingerprint density at radius 1 is 0.952 bits per heavy atom. The SMILES string of the molecule is Cn1cc(-c2cc3nc(-c4cncn4C)n(-c4cc(N5CC6COCC6C5)c5c(c4)n(C)c(=O)n5C)c3cc2F)cn1. The van der Waals surface area contributed by atoms with Gasteiger partial charge in [0.2, 0.25) is 0 Å². The third-order valence-electron chi connectivity index (χ3n) is 8.97. The number of rotatable bonds is 4. The highest BCUT2D eigenvalue weighted by Crippen LogP contribution is 2.39. The molecule has 12 heteroatoms. The van der Waals surface area contributed by atoms with Gasteiger partial charge in [-0.05, 0) is 18.2 Å². The van der Waals surface area contributed by atoms with Crippen molar-refractivity contribution in [1.29, 1.82) is 0 Å². The summed E-state index contributed by atoms with van der Waals surface area (Å²) in [5.41, 5.74) is 6.51. The van der Waals surface area contributed by atoms with Crippen LogP contribution >= 0.6 is 0 Å². The lowest BCUT2D eigenvalue weighted by molar-refractivity contribution is 0.177. The summed E-state index contributed by atoms with van der Waals surface area (Å²) in [5, 5.41) is 4.22. The Morgan fingerprint density at radius 3 is 2.43 bits per heavy atom. The number of aryl methyl sites for hydroxylation is 4. The van der Waals surface area contributed by atoms with Crippen LogP contribution in [0.2, 0.25) is 0 Å². The van der Waals surface area contributed by atoms with Gasteiger partial charge in [-0.15, -0.1) is 0 Å². The summed E-state index contributed by atoms with van der Waals surface area (Å²) in [6.45, 7) is 3.23. The lowest BCUT2D eigenvalue weighted by atomic mass is 10.0. The number of imidazole rings is 3. The molecule has 0 bridgehead atoms. The molecule has 2 fully saturated rings. The van der Waals surface area contributed by atoms with E-state index in [1.54, 1.807) is 58.9 Å². The van der Waals surface area contributed by atoms with E-state index in [1.165, 1.54) is 6.07 Å². The molecule has 0 aliphatic carbocycles. The first-order chi connectivity index (χ1) is 20.3. The summed E-state index contributed by atoms with van der Waals surface area (Å²) < 4.78 is 30.5. The predicted molar refractivity (Wildman–Crippen MR) is 157 cm³/mol. The quantitative estimate of drug-likeness (QED) is 0.325. The molecule has 0 spiro atoms. The molecule has 2 atom stereocenters. The summed E-state index contributed by atoms with van der Waals surface area (Å²) in [7, 11) is 7.32. The Bertz CT molecular complexity index is 2080. The average Bonchev–Trinajstić information content (AvgIpc) is 3.80. The number of benzene rings is 2. The van der Waals surface area contributed by atoms with Gasteiger partial charge >= 0.3 is 5.69 Å². The molecule has 214 valence electrons. The molecule has 0 amide bonds. The Labute approximate surface area is 240 Å². The number of fused-ring (bicyclic) bond motifs is 3. The number of halogens is 1. The highest BCUT2D eigenvalue weighted by Gasteiger charge is 2.38. The number of ether oxygens (including phenoxy) is 1.